The molecule has 0 fully saturated rings. The molecule has 3 N–H and O–H groups in total. The lowest BCUT2D eigenvalue weighted by molar-refractivity contribution is 0.273. The Labute approximate surface area is 89.0 Å². The van der Waals surface area contributed by atoms with Gasteiger partial charge in [0, 0.05) is 18.9 Å². The molecule has 0 bridgehead atoms. The molecule has 6 nitrogen and oxygen atoms in total. The highest BCUT2D eigenvalue weighted by Crippen LogP contribution is 1.96. The molecule has 0 aliphatic carbocycles. The molecule has 0 aromatic carbocycles. The first kappa shape index (κ1) is 11.5. The van der Waals surface area contributed by atoms with Crippen molar-refractivity contribution in [3.05, 3.63) is 18.5 Å². The Kier molecular flexibility index (Phi) is 4.11. The van der Waals surface area contributed by atoms with E-state index in [0.717, 1.165) is 13.1 Å². The standard InChI is InChI=1S/C9H17N5O/c1-8(9(10)12-15)13(2)6-7-14-5-3-4-11-14/h3-5,8,15H,6-7H2,1-2H3,(H2,10,12). The number of aromatic nitrogens is 2. The minimum Gasteiger partial charge on any atom is -0.409 e. The van der Waals surface area contributed by atoms with Crippen LogP contribution in [0.5, 0.6) is 0 Å². The lowest BCUT2D eigenvalue weighted by Crippen LogP contribution is -2.41. The van der Waals surface area contributed by atoms with Crippen LogP contribution >= 0.6 is 0 Å². The fourth-order valence-corrected chi connectivity index (χ4v) is 1.20. The number of likely N-dealkylation sites (N-methyl/N-ethyl adjacent to an activating group) is 1. The number of nitrogens with two attached hydrogens (primary N) is 1. The molecule has 0 amide bonds. The molecule has 6 heteroatoms. The van der Waals surface area contributed by atoms with E-state index < -0.39 is 0 Å². The number of amidine groups is 1. The topological polar surface area (TPSA) is 79.7 Å². The third-order valence-electron chi connectivity index (χ3n) is 2.45. The maximum atomic E-state index is 8.53. The second-order valence-electron chi connectivity index (χ2n) is 3.45. The van der Waals surface area contributed by atoms with E-state index in [9.17, 15) is 0 Å². The van der Waals surface area contributed by atoms with Crippen LogP contribution < -0.4 is 5.73 Å². The molecule has 0 aliphatic heterocycles. The van der Waals surface area contributed by atoms with Gasteiger partial charge >= 0.3 is 0 Å². The van der Waals surface area contributed by atoms with Gasteiger partial charge in [-0.25, -0.2) is 0 Å². The van der Waals surface area contributed by atoms with Crippen molar-refractivity contribution in [2.75, 3.05) is 13.6 Å². The van der Waals surface area contributed by atoms with Crippen molar-refractivity contribution in [2.24, 2.45) is 10.9 Å². The van der Waals surface area contributed by atoms with Gasteiger partial charge < -0.3 is 10.9 Å². The first-order chi connectivity index (χ1) is 7.15. The maximum Gasteiger partial charge on any atom is 0.156 e. The van der Waals surface area contributed by atoms with Crippen LogP contribution in [0.15, 0.2) is 23.6 Å². The zero-order chi connectivity index (χ0) is 11.3. The van der Waals surface area contributed by atoms with Gasteiger partial charge in [0.2, 0.25) is 0 Å². The summed E-state index contributed by atoms with van der Waals surface area (Å²) in [6, 6.07) is 1.80. The van der Waals surface area contributed by atoms with E-state index >= 15 is 0 Å². The summed E-state index contributed by atoms with van der Waals surface area (Å²) in [6.45, 7) is 3.46. The van der Waals surface area contributed by atoms with Crippen LogP contribution in [0, 0.1) is 0 Å². The van der Waals surface area contributed by atoms with E-state index in [-0.39, 0.29) is 11.9 Å². The van der Waals surface area contributed by atoms with Crippen molar-refractivity contribution in [3.8, 4) is 0 Å². The first-order valence-corrected chi connectivity index (χ1v) is 4.80. The normalized spacial score (nSPS) is 14.5. The van der Waals surface area contributed by atoms with E-state index in [1.165, 1.54) is 0 Å². The molecular formula is C9H17N5O. The van der Waals surface area contributed by atoms with Crippen LogP contribution in [0.4, 0.5) is 0 Å². The second-order valence-corrected chi connectivity index (χ2v) is 3.45. The summed E-state index contributed by atoms with van der Waals surface area (Å²) < 4.78 is 1.84. The van der Waals surface area contributed by atoms with Gasteiger partial charge in [-0.15, -0.1) is 0 Å². The van der Waals surface area contributed by atoms with Gasteiger partial charge in [0.1, 0.15) is 0 Å². The summed E-state index contributed by atoms with van der Waals surface area (Å²) in [5.74, 6) is 0.220. The van der Waals surface area contributed by atoms with E-state index in [4.69, 9.17) is 10.9 Å². The Balaban J connectivity index is 2.39. The highest BCUT2D eigenvalue weighted by atomic mass is 16.4. The van der Waals surface area contributed by atoms with Gasteiger partial charge in [0.25, 0.3) is 0 Å². The molecule has 1 aromatic heterocycles. The third-order valence-corrected chi connectivity index (χ3v) is 2.45. The second kappa shape index (κ2) is 5.35. The molecule has 1 atom stereocenters. The zero-order valence-corrected chi connectivity index (χ0v) is 9.04. The van der Waals surface area contributed by atoms with Gasteiger partial charge in [0.15, 0.2) is 5.84 Å². The summed E-state index contributed by atoms with van der Waals surface area (Å²) in [5.41, 5.74) is 5.50. The molecule has 0 radical (unpaired) electrons. The van der Waals surface area contributed by atoms with Crippen LogP contribution in [0.25, 0.3) is 0 Å². The quantitative estimate of drug-likeness (QED) is 0.310. The summed E-state index contributed by atoms with van der Waals surface area (Å²) in [4.78, 5) is 2.00. The smallest absolute Gasteiger partial charge is 0.156 e. The molecule has 15 heavy (non-hydrogen) atoms. The minimum atomic E-state index is -0.0782. The van der Waals surface area contributed by atoms with Crippen LogP contribution in [0.2, 0.25) is 0 Å². The highest BCUT2D eigenvalue weighted by Gasteiger charge is 2.13. The predicted octanol–water partition coefficient (Wildman–Crippen LogP) is -0.0502. The first-order valence-electron chi connectivity index (χ1n) is 4.80. The van der Waals surface area contributed by atoms with E-state index in [2.05, 4.69) is 10.3 Å². The van der Waals surface area contributed by atoms with Crippen molar-refractivity contribution in [1.29, 1.82) is 0 Å². The van der Waals surface area contributed by atoms with Crippen LogP contribution in [-0.2, 0) is 6.54 Å². The van der Waals surface area contributed by atoms with Crippen LogP contribution in [0.3, 0.4) is 0 Å². The van der Waals surface area contributed by atoms with Gasteiger partial charge in [-0.05, 0) is 20.0 Å². The molecule has 0 aliphatic rings. The zero-order valence-electron chi connectivity index (χ0n) is 9.04. The summed E-state index contributed by atoms with van der Waals surface area (Å²) in [6.07, 6.45) is 3.65. The third kappa shape index (κ3) is 3.25. The van der Waals surface area contributed by atoms with Crippen molar-refractivity contribution in [1.82, 2.24) is 14.7 Å². The van der Waals surface area contributed by atoms with Gasteiger partial charge in [-0.1, -0.05) is 5.16 Å². The predicted molar refractivity (Wildman–Crippen MR) is 57.7 cm³/mol. The molecule has 1 aromatic rings. The van der Waals surface area contributed by atoms with Crippen molar-refractivity contribution in [2.45, 2.75) is 19.5 Å². The lowest BCUT2D eigenvalue weighted by atomic mass is 10.3. The highest BCUT2D eigenvalue weighted by molar-refractivity contribution is 5.84. The van der Waals surface area contributed by atoms with E-state index in [1.807, 2.05) is 35.8 Å². The Bertz CT molecular complexity index is 308. The Morgan fingerprint density at radius 3 is 3.00 bits per heavy atom. The van der Waals surface area contributed by atoms with Gasteiger partial charge in [0.05, 0.1) is 12.6 Å². The minimum absolute atomic E-state index is 0.0782. The number of hydrogen-bond acceptors (Lipinski definition) is 4. The Morgan fingerprint density at radius 2 is 2.47 bits per heavy atom. The van der Waals surface area contributed by atoms with Gasteiger partial charge in [-0.2, -0.15) is 5.10 Å². The number of rotatable bonds is 5. The van der Waals surface area contributed by atoms with Crippen LogP contribution in [-0.4, -0.2) is 45.4 Å². The van der Waals surface area contributed by atoms with Crippen molar-refractivity contribution < 1.29 is 5.21 Å². The molecule has 0 saturated carbocycles. The lowest BCUT2D eigenvalue weighted by Gasteiger charge is -2.23. The number of hydrogen-bond donors (Lipinski definition) is 2. The molecule has 1 heterocycles. The summed E-state index contributed by atoms with van der Waals surface area (Å²) in [7, 11) is 1.92. The monoisotopic (exact) mass is 211 g/mol. The molecule has 0 saturated heterocycles. The average molecular weight is 211 g/mol. The van der Waals surface area contributed by atoms with Crippen molar-refractivity contribution >= 4 is 5.84 Å². The SMILES string of the molecule is CC(C(N)=NO)N(C)CCn1cccn1. The van der Waals surface area contributed by atoms with Gasteiger partial charge in [-0.3, -0.25) is 9.58 Å². The van der Waals surface area contributed by atoms with E-state index in [0.29, 0.717) is 0 Å². The largest absolute Gasteiger partial charge is 0.409 e. The molecule has 1 rings (SSSR count). The molecule has 1 unspecified atom stereocenters. The van der Waals surface area contributed by atoms with Crippen LogP contribution in [0.1, 0.15) is 6.92 Å². The molecule has 84 valence electrons. The summed E-state index contributed by atoms with van der Waals surface area (Å²) >= 11 is 0. The fraction of sp³-hybridized carbons (Fsp3) is 0.556. The Morgan fingerprint density at radius 1 is 1.73 bits per heavy atom. The van der Waals surface area contributed by atoms with E-state index in [1.54, 1.807) is 6.20 Å². The number of nitrogens with zero attached hydrogens (tertiary/aromatic N) is 4. The average Bonchev–Trinajstić information content (AvgIpc) is 2.76. The Hall–Kier alpha value is -1.56. The maximum absolute atomic E-state index is 8.53. The van der Waals surface area contributed by atoms with Crippen molar-refractivity contribution in [3.63, 3.8) is 0 Å². The molecular weight excluding hydrogens is 194 g/mol. The fourth-order valence-electron chi connectivity index (χ4n) is 1.20. The molecule has 0 spiro atoms. The summed E-state index contributed by atoms with van der Waals surface area (Å²) in [5, 5.41) is 15.6. The number of oxime groups is 1.